The Bertz CT molecular complexity index is 355. The van der Waals surface area contributed by atoms with E-state index in [4.69, 9.17) is 4.74 Å². The Morgan fingerprint density at radius 3 is 2.53 bits per heavy atom. The van der Waals surface area contributed by atoms with E-state index in [-0.39, 0.29) is 29.8 Å². The van der Waals surface area contributed by atoms with Crippen LogP contribution in [-0.2, 0) is 14.3 Å². The monoisotopic (exact) mass is 266 g/mol. The van der Waals surface area contributed by atoms with Crippen molar-refractivity contribution in [3.8, 4) is 0 Å². The van der Waals surface area contributed by atoms with Gasteiger partial charge in [0.25, 0.3) is 0 Å². The predicted molar refractivity (Wildman–Crippen MR) is 70.3 cm³/mol. The average molecular weight is 266 g/mol. The van der Waals surface area contributed by atoms with E-state index in [2.05, 4.69) is 0 Å². The Kier molecular flexibility index (Phi) is 4.75. The summed E-state index contributed by atoms with van der Waals surface area (Å²) in [6, 6.07) is 0. The minimum absolute atomic E-state index is 0.0632. The highest BCUT2D eigenvalue weighted by Crippen LogP contribution is 2.30. The van der Waals surface area contributed by atoms with Crippen LogP contribution in [0.2, 0.25) is 0 Å². The third kappa shape index (κ3) is 3.66. The highest BCUT2D eigenvalue weighted by atomic mass is 16.5. The molecule has 0 aromatic rings. The minimum atomic E-state index is -0.432. The fourth-order valence-corrected chi connectivity index (χ4v) is 2.84. The topological polar surface area (TPSA) is 63.6 Å². The van der Waals surface area contributed by atoms with E-state index in [0.29, 0.717) is 6.42 Å². The maximum Gasteiger partial charge on any atom is 0.309 e. The number of hydrogen-bond acceptors (Lipinski definition) is 4. The minimum Gasteiger partial charge on any atom is -0.458 e. The van der Waals surface area contributed by atoms with Crippen LogP contribution < -0.4 is 0 Å². The molecule has 1 fully saturated rings. The molecule has 1 saturated carbocycles. The van der Waals surface area contributed by atoms with Crippen LogP contribution in [0.15, 0.2) is 12.2 Å². The van der Waals surface area contributed by atoms with E-state index in [1.54, 1.807) is 12.2 Å². The van der Waals surface area contributed by atoms with E-state index in [0.717, 1.165) is 32.0 Å². The van der Waals surface area contributed by atoms with Gasteiger partial charge in [-0.25, -0.2) is 0 Å². The van der Waals surface area contributed by atoms with Crippen molar-refractivity contribution >= 4 is 12.3 Å². The summed E-state index contributed by atoms with van der Waals surface area (Å²) < 4.78 is 5.49. The second-order valence-electron chi connectivity index (χ2n) is 5.81. The number of carbonyl (C=O) groups excluding carboxylic acids is 2. The molecule has 0 bridgehead atoms. The van der Waals surface area contributed by atoms with Gasteiger partial charge in [0.05, 0.1) is 12.0 Å². The van der Waals surface area contributed by atoms with Gasteiger partial charge in [0.2, 0.25) is 0 Å². The van der Waals surface area contributed by atoms with Gasteiger partial charge in [0.15, 0.2) is 0 Å². The van der Waals surface area contributed by atoms with Gasteiger partial charge in [-0.15, -0.1) is 0 Å². The van der Waals surface area contributed by atoms with Gasteiger partial charge in [-0.1, -0.05) is 13.0 Å². The van der Waals surface area contributed by atoms with Crippen LogP contribution >= 0.6 is 0 Å². The summed E-state index contributed by atoms with van der Waals surface area (Å²) in [7, 11) is 0. The molecule has 0 radical (unpaired) electrons. The maximum atomic E-state index is 12.0. The van der Waals surface area contributed by atoms with Gasteiger partial charge in [-0.2, -0.15) is 0 Å². The molecule has 0 saturated heterocycles. The highest BCUT2D eigenvalue weighted by Gasteiger charge is 2.30. The highest BCUT2D eigenvalue weighted by molar-refractivity contribution is 5.73. The number of aliphatic hydroxyl groups is 1. The molecule has 0 spiro atoms. The van der Waals surface area contributed by atoms with Crippen molar-refractivity contribution in [1.82, 2.24) is 0 Å². The van der Waals surface area contributed by atoms with E-state index >= 15 is 0 Å². The number of ether oxygens (including phenoxy) is 1. The second-order valence-corrected chi connectivity index (χ2v) is 5.81. The SMILES string of the molecule is CC1CC(OC(=O)C2CCC(C=O)CC2)C=CC1O. The lowest BCUT2D eigenvalue weighted by Gasteiger charge is -2.29. The van der Waals surface area contributed by atoms with Gasteiger partial charge in [-0.3, -0.25) is 4.79 Å². The molecule has 0 aromatic carbocycles. The Balaban J connectivity index is 1.82. The zero-order valence-corrected chi connectivity index (χ0v) is 11.3. The molecule has 3 unspecified atom stereocenters. The molecular formula is C15H22O4. The van der Waals surface area contributed by atoms with Gasteiger partial charge in [0.1, 0.15) is 12.4 Å². The van der Waals surface area contributed by atoms with Crippen molar-refractivity contribution in [2.75, 3.05) is 0 Å². The summed E-state index contributed by atoms with van der Waals surface area (Å²) in [4.78, 5) is 22.7. The molecule has 2 aliphatic rings. The van der Waals surface area contributed by atoms with Crippen LogP contribution in [0.3, 0.4) is 0 Å². The van der Waals surface area contributed by atoms with Crippen molar-refractivity contribution in [3.63, 3.8) is 0 Å². The Morgan fingerprint density at radius 1 is 1.26 bits per heavy atom. The van der Waals surface area contributed by atoms with Crippen LogP contribution in [0, 0.1) is 17.8 Å². The zero-order chi connectivity index (χ0) is 13.8. The van der Waals surface area contributed by atoms with E-state index in [1.807, 2.05) is 6.92 Å². The first-order chi connectivity index (χ1) is 9.10. The predicted octanol–water partition coefficient (Wildman–Crippen LogP) is 1.86. The van der Waals surface area contributed by atoms with E-state index in [1.165, 1.54) is 0 Å². The smallest absolute Gasteiger partial charge is 0.309 e. The number of aliphatic hydroxyl groups excluding tert-OH is 1. The van der Waals surface area contributed by atoms with Crippen molar-refractivity contribution < 1.29 is 19.4 Å². The van der Waals surface area contributed by atoms with Gasteiger partial charge in [0, 0.05) is 5.92 Å². The van der Waals surface area contributed by atoms with E-state index < -0.39 is 6.10 Å². The number of esters is 1. The molecule has 19 heavy (non-hydrogen) atoms. The standard InChI is InChI=1S/C15H22O4/c1-10-8-13(6-7-14(10)17)19-15(18)12-4-2-11(9-16)3-5-12/h6-7,9-14,17H,2-5,8H2,1H3. The van der Waals surface area contributed by atoms with E-state index in [9.17, 15) is 14.7 Å². The molecule has 0 amide bonds. The quantitative estimate of drug-likeness (QED) is 0.481. The van der Waals surface area contributed by atoms with Crippen molar-refractivity contribution in [2.45, 2.75) is 51.2 Å². The van der Waals surface area contributed by atoms with Crippen LogP contribution in [0.5, 0.6) is 0 Å². The summed E-state index contributed by atoms with van der Waals surface area (Å²) in [6.07, 6.45) is 7.58. The largest absolute Gasteiger partial charge is 0.458 e. The summed E-state index contributed by atoms with van der Waals surface area (Å²) >= 11 is 0. The Labute approximate surface area is 113 Å². The lowest BCUT2D eigenvalue weighted by molar-refractivity contribution is -0.154. The van der Waals surface area contributed by atoms with Gasteiger partial charge in [-0.05, 0) is 44.1 Å². The molecule has 1 N–H and O–H groups in total. The average Bonchev–Trinajstić information content (AvgIpc) is 2.43. The van der Waals surface area contributed by atoms with Crippen LogP contribution in [0.4, 0.5) is 0 Å². The molecule has 2 aliphatic carbocycles. The molecule has 0 aliphatic heterocycles. The summed E-state index contributed by atoms with van der Waals surface area (Å²) in [5, 5.41) is 9.57. The third-order valence-corrected chi connectivity index (χ3v) is 4.28. The summed E-state index contributed by atoms with van der Waals surface area (Å²) in [5.41, 5.74) is 0. The Hall–Kier alpha value is -1.16. The molecular weight excluding hydrogens is 244 g/mol. The Morgan fingerprint density at radius 2 is 1.95 bits per heavy atom. The molecule has 4 nitrogen and oxygen atoms in total. The molecule has 0 heterocycles. The van der Waals surface area contributed by atoms with Gasteiger partial charge < -0.3 is 14.6 Å². The fraction of sp³-hybridized carbons (Fsp3) is 0.733. The first-order valence-electron chi connectivity index (χ1n) is 7.12. The first-order valence-corrected chi connectivity index (χ1v) is 7.12. The fourth-order valence-electron chi connectivity index (χ4n) is 2.84. The maximum absolute atomic E-state index is 12.0. The van der Waals surface area contributed by atoms with Crippen molar-refractivity contribution in [3.05, 3.63) is 12.2 Å². The van der Waals surface area contributed by atoms with Crippen molar-refractivity contribution in [2.24, 2.45) is 17.8 Å². The summed E-state index contributed by atoms with van der Waals surface area (Å²) in [6.45, 7) is 1.95. The normalized spacial score (nSPS) is 38.7. The second kappa shape index (κ2) is 6.33. The number of carbonyl (C=O) groups is 2. The lowest BCUT2D eigenvalue weighted by Crippen LogP contribution is -2.32. The number of rotatable bonds is 3. The summed E-state index contributed by atoms with van der Waals surface area (Å²) in [5.74, 6) is 0.0248. The lowest BCUT2D eigenvalue weighted by atomic mass is 9.83. The van der Waals surface area contributed by atoms with Crippen LogP contribution in [0.25, 0.3) is 0 Å². The molecule has 106 valence electrons. The van der Waals surface area contributed by atoms with Gasteiger partial charge >= 0.3 is 5.97 Å². The molecule has 3 atom stereocenters. The molecule has 2 rings (SSSR count). The van der Waals surface area contributed by atoms with Crippen LogP contribution in [0.1, 0.15) is 39.0 Å². The first kappa shape index (κ1) is 14.3. The molecule has 0 aromatic heterocycles. The zero-order valence-electron chi connectivity index (χ0n) is 11.3. The number of aldehydes is 1. The van der Waals surface area contributed by atoms with Crippen molar-refractivity contribution in [1.29, 1.82) is 0 Å². The number of hydrogen-bond donors (Lipinski definition) is 1. The third-order valence-electron chi connectivity index (χ3n) is 4.28. The molecule has 4 heteroatoms. The van der Waals surface area contributed by atoms with Crippen LogP contribution in [-0.4, -0.2) is 29.6 Å².